The van der Waals surface area contributed by atoms with E-state index in [-0.39, 0.29) is 0 Å². The Kier molecular flexibility index (Phi) is 15.0. The van der Waals surface area contributed by atoms with E-state index in [1.54, 1.807) is 0 Å². The summed E-state index contributed by atoms with van der Waals surface area (Å²) in [5, 5.41) is 0. The Hall–Kier alpha value is -9.36. The van der Waals surface area contributed by atoms with Crippen LogP contribution < -0.4 is 0 Å². The zero-order valence-corrected chi connectivity index (χ0v) is 40.2. The highest BCUT2D eigenvalue weighted by Gasteiger charge is 2.08. The summed E-state index contributed by atoms with van der Waals surface area (Å²) in [7, 11) is 0. The second-order valence-electron chi connectivity index (χ2n) is 17.8. The average molecular weight is 919 g/mol. The van der Waals surface area contributed by atoms with Gasteiger partial charge in [-0.2, -0.15) is 0 Å². The first-order valence-corrected chi connectivity index (χ1v) is 24.6. The summed E-state index contributed by atoms with van der Waals surface area (Å²) in [6.07, 6.45) is 20.1. The van der Waals surface area contributed by atoms with E-state index in [1.807, 2.05) is 0 Å². The molecule has 0 nitrogen and oxygen atoms in total. The summed E-state index contributed by atoms with van der Waals surface area (Å²) in [5.41, 5.74) is 21.0. The van der Waals surface area contributed by atoms with Crippen LogP contribution in [-0.2, 0) is 0 Å². The van der Waals surface area contributed by atoms with Crippen LogP contribution in [0.5, 0.6) is 0 Å². The largest absolute Gasteiger partial charge is 0.0622 e. The maximum atomic E-state index is 2.28. The van der Waals surface area contributed by atoms with Crippen LogP contribution in [0, 0.1) is 0 Å². The van der Waals surface area contributed by atoms with E-state index in [2.05, 4.69) is 328 Å². The topological polar surface area (TPSA) is 0 Å². The van der Waals surface area contributed by atoms with Crippen LogP contribution in [0.1, 0.15) is 83.5 Å². The SMILES string of the molecule is C(=Cc1cc(C=Cc2ccc(C=C(c3ccccc3)c3ccccc3)cc2)cc(C=Cc2ccc(C=C(c3ccccc3)c3ccccc3)cc2)c1)c1ccc(C=C(c2ccccc2)c2ccccc2)cc1. The molecule has 0 aliphatic carbocycles. The molecule has 72 heavy (non-hydrogen) atoms. The second kappa shape index (κ2) is 23.3. The average Bonchev–Trinajstić information content (AvgIpc) is 3.46. The van der Waals surface area contributed by atoms with Gasteiger partial charge in [0.1, 0.15) is 0 Å². The van der Waals surface area contributed by atoms with Gasteiger partial charge < -0.3 is 0 Å². The Bertz CT molecular complexity index is 2990. The standard InChI is InChI=1S/C72H54/c1-7-19-64(20-8-1)70(65-21-9-2-10-22-65)52-58-40-31-55(32-41-58)37-46-61-49-62(47-38-56-33-42-59(43-34-56)53-71(66-23-11-3-12-24-66)67-25-13-4-14-26-67)51-63(50-61)48-39-57-35-44-60(45-36-57)54-72(68-27-15-5-16-28-68)69-29-17-6-18-30-69/h1-54H. The van der Waals surface area contributed by atoms with Crippen LogP contribution in [-0.4, -0.2) is 0 Å². The molecular formula is C72H54. The first kappa shape index (κ1) is 46.4. The van der Waals surface area contributed by atoms with Gasteiger partial charge in [-0.1, -0.05) is 291 Å². The van der Waals surface area contributed by atoms with Gasteiger partial charge in [-0.15, -0.1) is 0 Å². The van der Waals surface area contributed by atoms with E-state index in [9.17, 15) is 0 Å². The maximum Gasteiger partial charge on any atom is -0.0105 e. The Morgan fingerprint density at radius 2 is 0.333 bits per heavy atom. The highest BCUT2D eigenvalue weighted by Crippen LogP contribution is 2.30. The maximum absolute atomic E-state index is 2.28. The number of rotatable bonds is 15. The molecule has 0 radical (unpaired) electrons. The zero-order chi connectivity index (χ0) is 48.6. The van der Waals surface area contributed by atoms with Crippen molar-refractivity contribution in [1.82, 2.24) is 0 Å². The summed E-state index contributed by atoms with van der Waals surface area (Å²) in [5.74, 6) is 0. The Morgan fingerprint density at radius 3 is 0.528 bits per heavy atom. The molecule has 0 heterocycles. The lowest BCUT2D eigenvalue weighted by molar-refractivity contribution is 1.55. The van der Waals surface area contributed by atoms with Crippen molar-refractivity contribution in [3.05, 3.63) is 356 Å². The molecule has 10 aromatic rings. The molecule has 0 saturated heterocycles. The third-order valence-corrected chi connectivity index (χ3v) is 12.7. The number of hydrogen-bond acceptors (Lipinski definition) is 0. The van der Waals surface area contributed by atoms with Gasteiger partial charge in [-0.25, -0.2) is 0 Å². The first-order chi connectivity index (χ1) is 35.6. The fraction of sp³-hybridized carbons (Fsp3) is 0. The molecule has 0 fully saturated rings. The van der Waals surface area contributed by atoms with Gasteiger partial charge in [0.05, 0.1) is 0 Å². The fourth-order valence-electron chi connectivity index (χ4n) is 8.88. The van der Waals surface area contributed by atoms with Crippen molar-refractivity contribution in [1.29, 1.82) is 0 Å². The Labute approximate surface area is 425 Å². The predicted octanol–water partition coefficient (Wildman–Crippen LogP) is 19.0. The van der Waals surface area contributed by atoms with Crippen LogP contribution in [0.4, 0.5) is 0 Å². The molecule has 342 valence electrons. The van der Waals surface area contributed by atoms with Crippen LogP contribution in [0.25, 0.3) is 71.4 Å². The molecule has 0 atom stereocenters. The van der Waals surface area contributed by atoms with E-state index < -0.39 is 0 Å². The van der Waals surface area contributed by atoms with E-state index in [0.717, 1.165) is 50.1 Å². The quantitative estimate of drug-likeness (QED) is 0.0899. The normalized spacial score (nSPS) is 11.2. The lowest BCUT2D eigenvalue weighted by Gasteiger charge is -2.09. The summed E-state index contributed by atoms with van der Waals surface area (Å²) in [6, 6.07) is 96.9. The third kappa shape index (κ3) is 12.4. The van der Waals surface area contributed by atoms with Gasteiger partial charge in [0.25, 0.3) is 0 Å². The summed E-state index contributed by atoms with van der Waals surface area (Å²) in [4.78, 5) is 0. The molecule has 10 rings (SSSR count). The van der Waals surface area contributed by atoms with Crippen molar-refractivity contribution in [2.75, 3.05) is 0 Å². The molecule has 0 saturated carbocycles. The minimum Gasteiger partial charge on any atom is -0.0622 e. The van der Waals surface area contributed by atoms with Crippen LogP contribution in [0.15, 0.2) is 273 Å². The molecule has 0 N–H and O–H groups in total. The monoisotopic (exact) mass is 918 g/mol. The van der Waals surface area contributed by atoms with Crippen molar-refractivity contribution < 1.29 is 0 Å². The van der Waals surface area contributed by atoms with E-state index in [0.29, 0.717) is 0 Å². The van der Waals surface area contributed by atoms with Crippen molar-refractivity contribution in [2.24, 2.45) is 0 Å². The van der Waals surface area contributed by atoms with Crippen LogP contribution in [0.3, 0.4) is 0 Å². The van der Waals surface area contributed by atoms with Crippen molar-refractivity contribution in [2.45, 2.75) is 0 Å². The lowest BCUT2D eigenvalue weighted by atomic mass is 9.95. The first-order valence-electron chi connectivity index (χ1n) is 24.6. The van der Waals surface area contributed by atoms with Gasteiger partial charge in [0.2, 0.25) is 0 Å². The summed E-state index contributed by atoms with van der Waals surface area (Å²) < 4.78 is 0. The molecule has 0 aliphatic rings. The predicted molar refractivity (Wildman–Crippen MR) is 312 cm³/mol. The lowest BCUT2D eigenvalue weighted by Crippen LogP contribution is -1.88. The van der Waals surface area contributed by atoms with Crippen molar-refractivity contribution in [3.8, 4) is 0 Å². The highest BCUT2D eigenvalue weighted by molar-refractivity contribution is 5.94. The summed E-state index contributed by atoms with van der Waals surface area (Å²) >= 11 is 0. The van der Waals surface area contributed by atoms with Gasteiger partial charge in [0.15, 0.2) is 0 Å². The van der Waals surface area contributed by atoms with Crippen molar-refractivity contribution in [3.63, 3.8) is 0 Å². The molecule has 0 bridgehead atoms. The van der Waals surface area contributed by atoms with E-state index in [1.165, 1.54) is 50.1 Å². The Morgan fingerprint density at radius 1 is 0.167 bits per heavy atom. The minimum atomic E-state index is 1.13. The van der Waals surface area contributed by atoms with Gasteiger partial charge in [-0.05, 0) is 137 Å². The summed E-state index contributed by atoms with van der Waals surface area (Å²) in [6.45, 7) is 0. The smallest absolute Gasteiger partial charge is 0.0105 e. The molecule has 0 aliphatic heterocycles. The van der Waals surface area contributed by atoms with Crippen LogP contribution >= 0.6 is 0 Å². The van der Waals surface area contributed by atoms with Gasteiger partial charge >= 0.3 is 0 Å². The highest BCUT2D eigenvalue weighted by atomic mass is 14.1. The minimum absolute atomic E-state index is 1.13. The Balaban J connectivity index is 0.925. The molecular weight excluding hydrogens is 865 g/mol. The van der Waals surface area contributed by atoms with E-state index >= 15 is 0 Å². The molecule has 0 spiro atoms. The fourth-order valence-corrected chi connectivity index (χ4v) is 8.88. The molecule has 10 aromatic carbocycles. The third-order valence-electron chi connectivity index (χ3n) is 12.7. The molecule has 0 aromatic heterocycles. The molecule has 0 unspecified atom stereocenters. The number of benzene rings is 10. The molecule has 0 amide bonds. The van der Waals surface area contributed by atoms with E-state index in [4.69, 9.17) is 0 Å². The van der Waals surface area contributed by atoms with Crippen LogP contribution in [0.2, 0.25) is 0 Å². The zero-order valence-electron chi connectivity index (χ0n) is 40.2. The van der Waals surface area contributed by atoms with Gasteiger partial charge in [0, 0.05) is 0 Å². The second-order valence-corrected chi connectivity index (χ2v) is 17.8. The van der Waals surface area contributed by atoms with Gasteiger partial charge in [-0.3, -0.25) is 0 Å². The number of hydrogen-bond donors (Lipinski definition) is 0. The molecule has 0 heteroatoms. The van der Waals surface area contributed by atoms with Crippen molar-refractivity contribution >= 4 is 71.4 Å².